The fourth-order valence-corrected chi connectivity index (χ4v) is 1.90. The van der Waals surface area contributed by atoms with E-state index in [1.54, 1.807) is 6.92 Å². The molecule has 0 aliphatic heterocycles. The lowest BCUT2D eigenvalue weighted by molar-refractivity contribution is -0.123. The van der Waals surface area contributed by atoms with Gasteiger partial charge in [0, 0.05) is 6.04 Å². The molecule has 1 aliphatic carbocycles. The number of amides is 1. The van der Waals surface area contributed by atoms with Gasteiger partial charge < -0.3 is 11.1 Å². The van der Waals surface area contributed by atoms with Crippen LogP contribution in [0.25, 0.3) is 0 Å². The quantitative estimate of drug-likeness (QED) is 0.694. The lowest BCUT2D eigenvalue weighted by Crippen LogP contribution is -2.42. The monoisotopic (exact) mass is 214 g/mol. The second-order valence-electron chi connectivity index (χ2n) is 4.15. The smallest absolute Gasteiger partial charge is 0.229 e. The third kappa shape index (κ3) is 2.67. The lowest BCUT2D eigenvalue weighted by Gasteiger charge is -2.19. The van der Waals surface area contributed by atoms with Crippen molar-refractivity contribution in [1.82, 2.24) is 5.32 Å². The number of rotatable bonds is 3. The van der Waals surface area contributed by atoms with Crippen LogP contribution in [0.5, 0.6) is 0 Å². The van der Waals surface area contributed by atoms with Crippen molar-refractivity contribution in [2.45, 2.75) is 39.2 Å². The zero-order valence-corrected chi connectivity index (χ0v) is 9.56. The molecule has 0 bridgehead atoms. The molecule has 0 aromatic heterocycles. The van der Waals surface area contributed by atoms with Crippen molar-refractivity contribution in [2.75, 3.05) is 0 Å². The van der Waals surface area contributed by atoms with Crippen LogP contribution in [0.15, 0.2) is 0 Å². The molecule has 3 unspecified atom stereocenters. The largest absolute Gasteiger partial charge is 0.393 e. The normalized spacial score (nSPS) is 28.4. The summed E-state index contributed by atoms with van der Waals surface area (Å²) >= 11 is 4.78. The van der Waals surface area contributed by atoms with E-state index >= 15 is 0 Å². The molecule has 14 heavy (non-hydrogen) atoms. The first kappa shape index (κ1) is 11.4. The summed E-state index contributed by atoms with van der Waals surface area (Å²) in [4.78, 5) is 11.9. The fraction of sp³-hybridized carbons (Fsp3) is 0.800. The average Bonchev–Trinajstić information content (AvgIpc) is 2.50. The van der Waals surface area contributed by atoms with Crippen molar-refractivity contribution in [3.05, 3.63) is 0 Å². The van der Waals surface area contributed by atoms with E-state index in [0.717, 1.165) is 6.42 Å². The molecular weight excluding hydrogens is 196 g/mol. The number of hydrogen-bond donors (Lipinski definition) is 2. The Morgan fingerprint density at radius 3 is 2.64 bits per heavy atom. The maximum Gasteiger partial charge on any atom is 0.229 e. The zero-order valence-electron chi connectivity index (χ0n) is 8.75. The Balaban J connectivity index is 2.44. The molecule has 0 saturated heterocycles. The Labute approximate surface area is 90.4 Å². The van der Waals surface area contributed by atoms with Crippen molar-refractivity contribution in [2.24, 2.45) is 17.6 Å². The minimum atomic E-state index is -0.349. The Morgan fingerprint density at radius 1 is 1.57 bits per heavy atom. The summed E-state index contributed by atoms with van der Waals surface area (Å²) in [7, 11) is 0. The first-order chi connectivity index (χ1) is 6.52. The van der Waals surface area contributed by atoms with E-state index in [2.05, 4.69) is 12.2 Å². The Bertz CT molecular complexity index is 242. The molecule has 1 saturated carbocycles. The minimum absolute atomic E-state index is 0.0312. The van der Waals surface area contributed by atoms with E-state index in [0.29, 0.717) is 12.0 Å². The van der Waals surface area contributed by atoms with E-state index in [1.165, 1.54) is 12.8 Å². The predicted molar refractivity (Wildman–Crippen MR) is 60.9 cm³/mol. The van der Waals surface area contributed by atoms with Crippen molar-refractivity contribution < 1.29 is 4.79 Å². The van der Waals surface area contributed by atoms with E-state index in [4.69, 9.17) is 18.0 Å². The van der Waals surface area contributed by atoms with Crippen molar-refractivity contribution in [1.29, 1.82) is 0 Å². The summed E-state index contributed by atoms with van der Waals surface area (Å²) in [5, 5.41) is 3.00. The maximum absolute atomic E-state index is 11.6. The number of thiocarbonyl (C=S) groups is 1. The summed E-state index contributed by atoms with van der Waals surface area (Å²) in [6, 6.07) is 0.319. The molecular formula is C10H18N2OS. The highest BCUT2D eigenvalue weighted by molar-refractivity contribution is 7.80. The van der Waals surface area contributed by atoms with Gasteiger partial charge in [0.1, 0.15) is 0 Å². The van der Waals surface area contributed by atoms with Gasteiger partial charge in [-0.2, -0.15) is 0 Å². The second-order valence-corrected chi connectivity index (χ2v) is 4.62. The first-order valence-electron chi connectivity index (χ1n) is 5.12. The molecule has 0 aromatic carbocycles. The van der Waals surface area contributed by atoms with Crippen LogP contribution in [0, 0.1) is 11.8 Å². The van der Waals surface area contributed by atoms with Crippen LogP contribution >= 0.6 is 12.2 Å². The number of carbonyl (C=O) groups is 1. The molecule has 3 nitrogen and oxygen atoms in total. The van der Waals surface area contributed by atoms with Crippen LogP contribution in [-0.2, 0) is 4.79 Å². The summed E-state index contributed by atoms with van der Waals surface area (Å²) in [5.74, 6) is 0.201. The fourth-order valence-electron chi connectivity index (χ4n) is 1.80. The molecule has 80 valence electrons. The van der Waals surface area contributed by atoms with Gasteiger partial charge in [0.2, 0.25) is 5.91 Å². The Hall–Kier alpha value is -0.640. The van der Waals surface area contributed by atoms with E-state index in [1.807, 2.05) is 0 Å². The van der Waals surface area contributed by atoms with Crippen LogP contribution in [-0.4, -0.2) is 16.9 Å². The average molecular weight is 214 g/mol. The minimum Gasteiger partial charge on any atom is -0.393 e. The van der Waals surface area contributed by atoms with Gasteiger partial charge in [-0.25, -0.2) is 0 Å². The van der Waals surface area contributed by atoms with Gasteiger partial charge >= 0.3 is 0 Å². The maximum atomic E-state index is 11.6. The molecule has 0 radical (unpaired) electrons. The Kier molecular flexibility index (Phi) is 3.86. The van der Waals surface area contributed by atoms with Crippen molar-refractivity contribution >= 4 is 23.1 Å². The third-order valence-corrected chi connectivity index (χ3v) is 3.36. The summed E-state index contributed by atoms with van der Waals surface area (Å²) < 4.78 is 0. The molecule has 3 N–H and O–H groups in total. The molecule has 1 rings (SSSR count). The van der Waals surface area contributed by atoms with Gasteiger partial charge in [-0.15, -0.1) is 0 Å². The molecule has 4 heteroatoms. The lowest BCUT2D eigenvalue weighted by atomic mass is 10.0. The van der Waals surface area contributed by atoms with Gasteiger partial charge in [0.05, 0.1) is 10.9 Å². The third-order valence-electron chi connectivity index (χ3n) is 3.01. The summed E-state index contributed by atoms with van der Waals surface area (Å²) in [6.45, 7) is 3.92. The highest BCUT2D eigenvalue weighted by atomic mass is 32.1. The highest BCUT2D eigenvalue weighted by Crippen LogP contribution is 2.24. The Morgan fingerprint density at radius 2 is 2.21 bits per heavy atom. The van der Waals surface area contributed by atoms with Crippen LogP contribution in [0.2, 0.25) is 0 Å². The molecule has 1 fully saturated rings. The van der Waals surface area contributed by atoms with Crippen LogP contribution in [0.1, 0.15) is 33.1 Å². The molecule has 0 heterocycles. The highest BCUT2D eigenvalue weighted by Gasteiger charge is 2.26. The van der Waals surface area contributed by atoms with Gasteiger partial charge in [-0.1, -0.05) is 25.6 Å². The van der Waals surface area contributed by atoms with Gasteiger partial charge in [-0.05, 0) is 25.7 Å². The predicted octanol–water partition coefficient (Wildman–Crippen LogP) is 1.21. The summed E-state index contributed by atoms with van der Waals surface area (Å²) in [5.41, 5.74) is 5.42. The number of hydrogen-bond acceptors (Lipinski definition) is 2. The first-order valence-corrected chi connectivity index (χ1v) is 5.53. The molecule has 1 amide bonds. The summed E-state index contributed by atoms with van der Waals surface area (Å²) in [6.07, 6.45) is 3.48. The van der Waals surface area contributed by atoms with E-state index < -0.39 is 0 Å². The van der Waals surface area contributed by atoms with Gasteiger partial charge in [-0.3, -0.25) is 4.79 Å². The number of carbonyl (C=O) groups excluding carboxylic acids is 1. The van der Waals surface area contributed by atoms with Crippen LogP contribution < -0.4 is 11.1 Å². The van der Waals surface area contributed by atoms with Gasteiger partial charge in [0.15, 0.2) is 0 Å². The van der Waals surface area contributed by atoms with E-state index in [9.17, 15) is 4.79 Å². The standard InChI is InChI=1S/C10H18N2OS/c1-6-4-3-5-8(6)12-10(13)7(2)9(11)14/h6-8H,3-5H2,1-2H3,(H2,11,14)(H,12,13). The van der Waals surface area contributed by atoms with Crippen molar-refractivity contribution in [3.63, 3.8) is 0 Å². The van der Waals surface area contributed by atoms with E-state index in [-0.39, 0.29) is 16.8 Å². The second kappa shape index (κ2) is 4.73. The van der Waals surface area contributed by atoms with Crippen molar-refractivity contribution in [3.8, 4) is 0 Å². The van der Waals surface area contributed by atoms with Crippen LogP contribution in [0.4, 0.5) is 0 Å². The number of nitrogens with two attached hydrogens (primary N) is 1. The molecule has 0 spiro atoms. The molecule has 1 aliphatic rings. The van der Waals surface area contributed by atoms with Crippen LogP contribution in [0.3, 0.4) is 0 Å². The van der Waals surface area contributed by atoms with Gasteiger partial charge in [0.25, 0.3) is 0 Å². The number of nitrogens with one attached hydrogen (secondary N) is 1. The molecule has 3 atom stereocenters. The molecule has 0 aromatic rings. The zero-order chi connectivity index (χ0) is 10.7. The SMILES string of the molecule is CC(C(=O)NC1CCCC1C)C(N)=S. The topological polar surface area (TPSA) is 55.1 Å².